The first-order valence-electron chi connectivity index (χ1n) is 6.04. The second-order valence-electron chi connectivity index (χ2n) is 4.37. The summed E-state index contributed by atoms with van der Waals surface area (Å²) in [5, 5.41) is 12.9. The molecule has 10 heteroatoms. The molecule has 0 aliphatic heterocycles. The lowest BCUT2D eigenvalue weighted by Gasteiger charge is -2.08. The van der Waals surface area contributed by atoms with Gasteiger partial charge in [0.15, 0.2) is 5.82 Å². The highest BCUT2D eigenvalue weighted by atomic mass is 35.5. The number of rotatable bonds is 3. The summed E-state index contributed by atoms with van der Waals surface area (Å²) in [4.78, 5) is 15.0. The van der Waals surface area contributed by atoms with Gasteiger partial charge in [-0.3, -0.25) is 5.43 Å². The Balaban J connectivity index is 2.20. The van der Waals surface area contributed by atoms with Crippen LogP contribution in [0.4, 0.5) is 19.0 Å². The van der Waals surface area contributed by atoms with E-state index in [9.17, 15) is 23.1 Å². The smallest absolute Gasteiger partial charge is 0.417 e. The van der Waals surface area contributed by atoms with Crippen molar-refractivity contribution in [2.24, 2.45) is 5.10 Å². The average molecular weight is 348 g/mol. The first kappa shape index (κ1) is 16.8. The number of nitrogens with zero attached hydrogens (tertiary/aromatic N) is 2. The summed E-state index contributed by atoms with van der Waals surface area (Å²) < 4.78 is 42.2. The fraction of sp³-hybridized carbons (Fsp3) is 0.154. The molecule has 0 amide bonds. The van der Waals surface area contributed by atoms with Crippen LogP contribution in [-0.4, -0.2) is 16.3 Å². The number of anilines is 1. The van der Waals surface area contributed by atoms with Gasteiger partial charge in [0.25, 0.3) is 0 Å². The van der Waals surface area contributed by atoms with Crippen molar-refractivity contribution in [3.63, 3.8) is 0 Å². The lowest BCUT2D eigenvalue weighted by atomic mass is 10.2. The Labute approximate surface area is 132 Å². The molecule has 2 N–H and O–H groups in total. The largest absolute Gasteiger partial charge is 0.507 e. The van der Waals surface area contributed by atoms with Crippen LogP contribution in [0.15, 0.2) is 32.6 Å². The minimum Gasteiger partial charge on any atom is -0.507 e. The molecule has 0 fully saturated rings. The van der Waals surface area contributed by atoms with Crippen LogP contribution in [0.1, 0.15) is 16.9 Å². The summed E-state index contributed by atoms with van der Waals surface area (Å²) >= 11 is 5.67. The quantitative estimate of drug-likeness (QED) is 0.657. The highest BCUT2D eigenvalue weighted by Gasteiger charge is 2.31. The molecular weight excluding hydrogens is 339 g/mol. The van der Waals surface area contributed by atoms with Crippen LogP contribution >= 0.6 is 11.6 Å². The lowest BCUT2D eigenvalue weighted by Crippen LogP contribution is -2.09. The van der Waals surface area contributed by atoms with Crippen LogP contribution < -0.4 is 11.1 Å². The number of alkyl halides is 3. The fourth-order valence-corrected chi connectivity index (χ4v) is 1.77. The Bertz CT molecular complexity index is 818. The van der Waals surface area contributed by atoms with Gasteiger partial charge in [0, 0.05) is 12.3 Å². The van der Waals surface area contributed by atoms with Gasteiger partial charge in [-0.15, -0.1) is 0 Å². The maximum absolute atomic E-state index is 12.5. The Kier molecular flexibility index (Phi) is 4.60. The van der Waals surface area contributed by atoms with Gasteiger partial charge in [0.2, 0.25) is 0 Å². The van der Waals surface area contributed by atoms with E-state index in [2.05, 4.69) is 15.5 Å². The highest BCUT2D eigenvalue weighted by Crippen LogP contribution is 2.32. The minimum atomic E-state index is -4.56. The van der Waals surface area contributed by atoms with Crippen LogP contribution in [0.3, 0.4) is 0 Å². The molecule has 2 aromatic heterocycles. The number of aryl methyl sites for hydroxylation is 1. The van der Waals surface area contributed by atoms with Gasteiger partial charge in [0.05, 0.1) is 16.8 Å². The Morgan fingerprint density at radius 2 is 2.13 bits per heavy atom. The van der Waals surface area contributed by atoms with Gasteiger partial charge in [-0.2, -0.15) is 18.3 Å². The molecule has 0 aromatic carbocycles. The molecule has 0 aliphatic rings. The summed E-state index contributed by atoms with van der Waals surface area (Å²) in [5.41, 5.74) is 0.221. The van der Waals surface area contributed by atoms with Crippen molar-refractivity contribution in [1.29, 1.82) is 0 Å². The van der Waals surface area contributed by atoms with E-state index < -0.39 is 17.4 Å². The molecule has 0 unspecified atom stereocenters. The van der Waals surface area contributed by atoms with E-state index in [1.807, 2.05) is 0 Å². The van der Waals surface area contributed by atoms with E-state index in [0.29, 0.717) is 12.3 Å². The number of hydrogen-bond acceptors (Lipinski definition) is 6. The number of aromatic nitrogens is 1. The van der Waals surface area contributed by atoms with Gasteiger partial charge in [-0.25, -0.2) is 9.78 Å². The van der Waals surface area contributed by atoms with Crippen molar-refractivity contribution in [3.05, 3.63) is 50.7 Å². The van der Waals surface area contributed by atoms with Crippen LogP contribution in [0, 0.1) is 6.92 Å². The SMILES string of the molecule is Cc1cc(O)c(/C=N\Nc2ncc(C(F)(F)F)cc2Cl)c(=O)o1. The van der Waals surface area contributed by atoms with Crippen molar-refractivity contribution in [1.82, 2.24) is 4.98 Å². The molecule has 23 heavy (non-hydrogen) atoms. The summed E-state index contributed by atoms with van der Waals surface area (Å²) in [6.45, 7) is 1.48. The van der Waals surface area contributed by atoms with Crippen LogP contribution in [0.2, 0.25) is 5.02 Å². The van der Waals surface area contributed by atoms with Crippen molar-refractivity contribution in [2.45, 2.75) is 13.1 Å². The summed E-state index contributed by atoms with van der Waals surface area (Å²) in [6, 6.07) is 1.90. The Morgan fingerprint density at radius 3 is 2.70 bits per heavy atom. The number of aromatic hydroxyl groups is 1. The third-order valence-corrected chi connectivity index (χ3v) is 2.91. The molecule has 122 valence electrons. The van der Waals surface area contributed by atoms with Crippen LogP contribution in [0.25, 0.3) is 0 Å². The lowest BCUT2D eigenvalue weighted by molar-refractivity contribution is -0.137. The molecule has 0 bridgehead atoms. The first-order valence-corrected chi connectivity index (χ1v) is 6.42. The van der Waals surface area contributed by atoms with E-state index >= 15 is 0 Å². The van der Waals surface area contributed by atoms with Crippen molar-refractivity contribution in [3.8, 4) is 5.75 Å². The normalized spacial score (nSPS) is 11.9. The third-order valence-electron chi connectivity index (χ3n) is 2.62. The number of hydrazone groups is 1. The van der Waals surface area contributed by atoms with E-state index in [-0.39, 0.29) is 27.9 Å². The van der Waals surface area contributed by atoms with Crippen LogP contribution in [-0.2, 0) is 6.18 Å². The van der Waals surface area contributed by atoms with E-state index in [1.165, 1.54) is 13.0 Å². The molecule has 0 saturated carbocycles. The molecule has 6 nitrogen and oxygen atoms in total. The number of nitrogens with one attached hydrogen (secondary N) is 1. The van der Waals surface area contributed by atoms with Crippen molar-refractivity contribution >= 4 is 23.6 Å². The molecule has 0 atom stereocenters. The van der Waals surface area contributed by atoms with E-state index in [0.717, 1.165) is 6.21 Å². The molecule has 0 spiro atoms. The molecule has 0 radical (unpaired) electrons. The predicted molar refractivity (Wildman–Crippen MR) is 76.8 cm³/mol. The molecular formula is C13H9ClF3N3O3. The topological polar surface area (TPSA) is 87.7 Å². The molecule has 2 rings (SSSR count). The monoisotopic (exact) mass is 347 g/mol. The first-order chi connectivity index (χ1) is 10.7. The van der Waals surface area contributed by atoms with Gasteiger partial charge >= 0.3 is 11.8 Å². The predicted octanol–water partition coefficient (Wildman–Crippen LogP) is 3.17. The van der Waals surface area contributed by atoms with Crippen molar-refractivity contribution in [2.75, 3.05) is 5.43 Å². The summed E-state index contributed by atoms with van der Waals surface area (Å²) in [5.74, 6) is -0.284. The van der Waals surface area contributed by atoms with Gasteiger partial charge in [-0.05, 0) is 13.0 Å². The van der Waals surface area contributed by atoms with Crippen LogP contribution in [0.5, 0.6) is 5.75 Å². The Hall–Kier alpha value is -2.55. The van der Waals surface area contributed by atoms with Gasteiger partial charge in [-0.1, -0.05) is 11.6 Å². The van der Waals surface area contributed by atoms with Gasteiger partial charge in [0.1, 0.15) is 17.1 Å². The standard InChI is InChI=1S/C13H9ClF3N3O3/c1-6-2-10(21)8(12(22)23-6)5-19-20-11-9(14)3-7(4-18-11)13(15,16)17/h2-5,21H,1H3,(H,18,20)/b19-5-. The number of pyridine rings is 1. The average Bonchev–Trinajstić information content (AvgIpc) is 2.42. The maximum Gasteiger partial charge on any atom is 0.417 e. The second-order valence-corrected chi connectivity index (χ2v) is 4.77. The third kappa shape index (κ3) is 4.01. The zero-order valence-electron chi connectivity index (χ0n) is 11.5. The molecule has 0 saturated heterocycles. The van der Waals surface area contributed by atoms with E-state index in [4.69, 9.17) is 16.0 Å². The molecule has 0 aliphatic carbocycles. The van der Waals surface area contributed by atoms with Crippen molar-refractivity contribution < 1.29 is 22.7 Å². The zero-order valence-corrected chi connectivity index (χ0v) is 12.2. The Morgan fingerprint density at radius 1 is 1.43 bits per heavy atom. The number of halogens is 4. The molecule has 2 aromatic rings. The highest BCUT2D eigenvalue weighted by molar-refractivity contribution is 6.32. The minimum absolute atomic E-state index is 0.146. The fourth-order valence-electron chi connectivity index (χ4n) is 1.56. The summed E-state index contributed by atoms with van der Waals surface area (Å²) in [6.07, 6.45) is -3.04. The van der Waals surface area contributed by atoms with E-state index in [1.54, 1.807) is 0 Å². The zero-order chi connectivity index (χ0) is 17.2. The number of hydrogen-bond donors (Lipinski definition) is 2. The second kappa shape index (κ2) is 6.29. The maximum atomic E-state index is 12.5. The summed E-state index contributed by atoms with van der Waals surface area (Å²) in [7, 11) is 0. The molecule has 2 heterocycles. The van der Waals surface area contributed by atoms with Gasteiger partial charge < -0.3 is 9.52 Å².